The number of hydrogen-bond donors (Lipinski definition) is 2. The number of aromatic amines is 1. The van der Waals surface area contributed by atoms with Crippen molar-refractivity contribution in [3.05, 3.63) is 65.6 Å². The van der Waals surface area contributed by atoms with Crippen molar-refractivity contribution in [1.82, 2.24) is 15.3 Å². The number of para-hydroxylation sites is 1. The van der Waals surface area contributed by atoms with Crippen LogP contribution < -0.4 is 5.32 Å². The molecule has 3 aromatic rings. The van der Waals surface area contributed by atoms with Gasteiger partial charge >= 0.3 is 0 Å². The Morgan fingerprint density at radius 3 is 2.83 bits per heavy atom. The maximum Gasteiger partial charge on any atom is 0.252 e. The lowest BCUT2D eigenvalue weighted by atomic mass is 9.93. The van der Waals surface area contributed by atoms with Gasteiger partial charge in [-0.3, -0.25) is 9.78 Å². The van der Waals surface area contributed by atoms with Crippen molar-refractivity contribution in [1.29, 1.82) is 0 Å². The van der Waals surface area contributed by atoms with Crippen LogP contribution in [-0.2, 0) is 5.41 Å². The average Bonchev–Trinajstić information content (AvgIpc) is 3.28. The summed E-state index contributed by atoms with van der Waals surface area (Å²) < 4.78 is 0. The van der Waals surface area contributed by atoms with Gasteiger partial charge in [0, 0.05) is 41.0 Å². The summed E-state index contributed by atoms with van der Waals surface area (Å²) >= 11 is 0. The molecule has 1 aliphatic carbocycles. The molecule has 4 heteroatoms. The first-order valence-corrected chi connectivity index (χ1v) is 7.96. The van der Waals surface area contributed by atoms with Gasteiger partial charge in [-0.2, -0.15) is 0 Å². The molecule has 4 rings (SSSR count). The zero-order chi connectivity index (χ0) is 15.9. The number of pyridine rings is 1. The standard InChI is InChI=1S/C19H19N3O/c1-13-17(15-6-2-3-7-16(15)22-13)19(8-9-19)12-21-18(23)14-5-4-10-20-11-14/h2-7,10-11,22H,8-9,12H2,1H3,(H,21,23). The number of nitrogens with one attached hydrogen (secondary N) is 2. The Bertz CT molecular complexity index is 863. The fraction of sp³-hybridized carbons (Fsp3) is 0.263. The molecule has 0 bridgehead atoms. The zero-order valence-corrected chi connectivity index (χ0v) is 13.1. The Morgan fingerprint density at radius 2 is 2.09 bits per heavy atom. The van der Waals surface area contributed by atoms with Gasteiger partial charge < -0.3 is 10.3 Å². The topological polar surface area (TPSA) is 57.8 Å². The molecular formula is C19H19N3O. The minimum atomic E-state index is -0.0538. The molecule has 2 N–H and O–H groups in total. The number of fused-ring (bicyclic) bond motifs is 1. The van der Waals surface area contributed by atoms with Gasteiger partial charge in [0.25, 0.3) is 5.91 Å². The third kappa shape index (κ3) is 2.40. The van der Waals surface area contributed by atoms with Gasteiger partial charge in [-0.05, 0) is 43.5 Å². The van der Waals surface area contributed by atoms with Crippen molar-refractivity contribution in [2.45, 2.75) is 25.2 Å². The molecule has 116 valence electrons. The lowest BCUT2D eigenvalue weighted by molar-refractivity contribution is 0.0949. The number of amides is 1. The monoisotopic (exact) mass is 305 g/mol. The first kappa shape index (κ1) is 14.0. The van der Waals surface area contributed by atoms with Gasteiger partial charge in [-0.25, -0.2) is 0 Å². The third-order valence-corrected chi connectivity index (χ3v) is 4.79. The second-order valence-electron chi connectivity index (χ2n) is 6.38. The van der Waals surface area contributed by atoms with Gasteiger partial charge in [0.05, 0.1) is 5.56 Å². The highest BCUT2D eigenvalue weighted by Gasteiger charge is 2.46. The SMILES string of the molecule is Cc1[nH]c2ccccc2c1C1(CNC(=O)c2cccnc2)CC1. The Kier molecular flexibility index (Phi) is 3.18. The number of hydrogen-bond acceptors (Lipinski definition) is 2. The second-order valence-corrected chi connectivity index (χ2v) is 6.38. The van der Waals surface area contributed by atoms with Crippen molar-refractivity contribution in [2.75, 3.05) is 6.54 Å². The molecule has 2 heterocycles. The van der Waals surface area contributed by atoms with E-state index in [1.165, 1.54) is 22.2 Å². The van der Waals surface area contributed by atoms with E-state index in [1.54, 1.807) is 24.5 Å². The first-order valence-electron chi connectivity index (χ1n) is 7.96. The molecule has 0 atom stereocenters. The normalized spacial score (nSPS) is 15.5. The van der Waals surface area contributed by atoms with Gasteiger partial charge in [0.2, 0.25) is 0 Å². The molecule has 0 spiro atoms. The van der Waals surface area contributed by atoms with E-state index in [1.807, 2.05) is 6.07 Å². The minimum absolute atomic E-state index is 0.0538. The summed E-state index contributed by atoms with van der Waals surface area (Å²) in [4.78, 5) is 19.8. The number of nitrogens with zero attached hydrogens (tertiary/aromatic N) is 1. The van der Waals surface area contributed by atoms with Crippen LogP contribution in [0.2, 0.25) is 0 Å². The van der Waals surface area contributed by atoms with E-state index in [2.05, 4.69) is 40.4 Å². The highest BCUT2D eigenvalue weighted by Crippen LogP contribution is 2.51. The molecule has 1 aliphatic rings. The van der Waals surface area contributed by atoms with E-state index in [0.717, 1.165) is 12.8 Å². The van der Waals surface area contributed by atoms with Crippen LogP contribution in [0.3, 0.4) is 0 Å². The predicted octanol–water partition coefficient (Wildman–Crippen LogP) is 3.33. The van der Waals surface area contributed by atoms with E-state index < -0.39 is 0 Å². The van der Waals surface area contributed by atoms with Crippen molar-refractivity contribution in [2.24, 2.45) is 0 Å². The summed E-state index contributed by atoms with van der Waals surface area (Å²) in [5.41, 5.74) is 4.42. The summed E-state index contributed by atoms with van der Waals surface area (Å²) in [6.45, 7) is 2.79. The summed E-state index contributed by atoms with van der Waals surface area (Å²) in [7, 11) is 0. The summed E-state index contributed by atoms with van der Waals surface area (Å²) in [6, 6.07) is 12.0. The fourth-order valence-electron chi connectivity index (χ4n) is 3.47. The Morgan fingerprint density at radius 1 is 1.26 bits per heavy atom. The molecule has 0 saturated heterocycles. The van der Waals surface area contributed by atoms with Crippen LogP contribution in [0.4, 0.5) is 0 Å². The summed E-state index contributed by atoms with van der Waals surface area (Å²) in [5.74, 6) is -0.0538. The molecule has 1 saturated carbocycles. The number of carbonyl (C=O) groups is 1. The van der Waals surface area contributed by atoms with Crippen LogP contribution in [0.15, 0.2) is 48.8 Å². The van der Waals surface area contributed by atoms with Gasteiger partial charge in [0.1, 0.15) is 0 Å². The molecule has 4 nitrogen and oxygen atoms in total. The lowest BCUT2D eigenvalue weighted by Gasteiger charge is -2.17. The Labute approximate surface area is 134 Å². The molecule has 0 radical (unpaired) electrons. The fourth-order valence-corrected chi connectivity index (χ4v) is 3.47. The molecule has 0 aliphatic heterocycles. The van der Waals surface area contributed by atoms with E-state index in [0.29, 0.717) is 12.1 Å². The Balaban J connectivity index is 1.59. The van der Waals surface area contributed by atoms with Crippen LogP contribution in [0.5, 0.6) is 0 Å². The molecule has 0 unspecified atom stereocenters. The number of rotatable bonds is 4. The molecule has 2 aromatic heterocycles. The quantitative estimate of drug-likeness (QED) is 0.777. The molecule has 23 heavy (non-hydrogen) atoms. The van der Waals surface area contributed by atoms with Crippen molar-refractivity contribution in [3.63, 3.8) is 0 Å². The van der Waals surface area contributed by atoms with Gasteiger partial charge in [-0.15, -0.1) is 0 Å². The van der Waals surface area contributed by atoms with Crippen LogP contribution in [0.25, 0.3) is 10.9 Å². The molecule has 1 aromatic carbocycles. The maximum atomic E-state index is 12.3. The van der Waals surface area contributed by atoms with Crippen molar-refractivity contribution < 1.29 is 4.79 Å². The van der Waals surface area contributed by atoms with E-state index in [9.17, 15) is 4.79 Å². The van der Waals surface area contributed by atoms with E-state index in [-0.39, 0.29) is 11.3 Å². The van der Waals surface area contributed by atoms with Crippen molar-refractivity contribution >= 4 is 16.8 Å². The Hall–Kier alpha value is -2.62. The number of aromatic nitrogens is 2. The van der Waals surface area contributed by atoms with Gasteiger partial charge in [0.15, 0.2) is 0 Å². The highest BCUT2D eigenvalue weighted by atomic mass is 16.1. The van der Waals surface area contributed by atoms with Crippen molar-refractivity contribution in [3.8, 4) is 0 Å². The van der Waals surface area contributed by atoms with Crippen LogP contribution in [-0.4, -0.2) is 22.4 Å². The lowest BCUT2D eigenvalue weighted by Crippen LogP contribution is -2.32. The largest absolute Gasteiger partial charge is 0.358 e. The van der Waals surface area contributed by atoms with Crippen LogP contribution in [0, 0.1) is 6.92 Å². The predicted molar refractivity (Wildman–Crippen MR) is 90.5 cm³/mol. The highest BCUT2D eigenvalue weighted by molar-refractivity contribution is 5.94. The second kappa shape index (κ2) is 5.23. The molecule has 1 amide bonds. The number of H-pyrrole nitrogens is 1. The molecular weight excluding hydrogens is 286 g/mol. The zero-order valence-electron chi connectivity index (χ0n) is 13.1. The summed E-state index contributed by atoms with van der Waals surface area (Å²) in [6.07, 6.45) is 5.51. The van der Waals surface area contributed by atoms with E-state index >= 15 is 0 Å². The van der Waals surface area contributed by atoms with Crippen LogP contribution >= 0.6 is 0 Å². The maximum absolute atomic E-state index is 12.3. The van der Waals surface area contributed by atoms with Gasteiger partial charge in [-0.1, -0.05) is 18.2 Å². The number of carbonyl (C=O) groups excluding carboxylic acids is 1. The average molecular weight is 305 g/mol. The molecule has 1 fully saturated rings. The smallest absolute Gasteiger partial charge is 0.252 e. The number of aryl methyl sites for hydroxylation is 1. The first-order chi connectivity index (χ1) is 11.2. The van der Waals surface area contributed by atoms with Crippen LogP contribution in [0.1, 0.15) is 34.5 Å². The number of benzene rings is 1. The third-order valence-electron chi connectivity index (χ3n) is 4.79. The summed E-state index contributed by atoms with van der Waals surface area (Å²) in [5, 5.41) is 4.37. The van der Waals surface area contributed by atoms with E-state index in [4.69, 9.17) is 0 Å². The minimum Gasteiger partial charge on any atom is -0.358 e.